The lowest BCUT2D eigenvalue weighted by atomic mass is 9.92. The number of nitrogens with one attached hydrogen (secondary N) is 3. The molecule has 2 aliphatic heterocycles. The first-order chi connectivity index (χ1) is 13.9. The summed E-state index contributed by atoms with van der Waals surface area (Å²) < 4.78 is 0. The van der Waals surface area contributed by atoms with Crippen molar-refractivity contribution in [3.05, 3.63) is 44.2 Å². The van der Waals surface area contributed by atoms with Crippen molar-refractivity contribution >= 4 is 52.5 Å². The van der Waals surface area contributed by atoms with Crippen molar-refractivity contribution in [3.8, 4) is 0 Å². The molecule has 2 aliphatic rings. The molecule has 10 heteroatoms. The van der Waals surface area contributed by atoms with Crippen LogP contribution in [0.1, 0.15) is 37.2 Å². The second-order valence-electron chi connectivity index (χ2n) is 7.12. The third-order valence-corrected chi connectivity index (χ3v) is 5.84. The van der Waals surface area contributed by atoms with Gasteiger partial charge >= 0.3 is 0 Å². The van der Waals surface area contributed by atoms with Crippen LogP contribution in [0.15, 0.2) is 23.0 Å². The van der Waals surface area contributed by atoms with E-state index >= 15 is 0 Å². The van der Waals surface area contributed by atoms with Gasteiger partial charge in [0.1, 0.15) is 5.82 Å². The Hall–Kier alpha value is -2.58. The van der Waals surface area contributed by atoms with Crippen LogP contribution in [0.4, 0.5) is 17.5 Å². The van der Waals surface area contributed by atoms with Gasteiger partial charge in [-0.2, -0.15) is 4.98 Å². The van der Waals surface area contributed by atoms with Gasteiger partial charge in [0.15, 0.2) is 0 Å². The van der Waals surface area contributed by atoms with E-state index in [1.54, 1.807) is 12.1 Å². The van der Waals surface area contributed by atoms with Crippen molar-refractivity contribution in [1.29, 1.82) is 0 Å². The molecule has 29 heavy (non-hydrogen) atoms. The van der Waals surface area contributed by atoms with Crippen LogP contribution in [-0.2, 0) is 9.59 Å². The molecule has 3 heterocycles. The lowest BCUT2D eigenvalue weighted by Crippen LogP contribution is -2.38. The van der Waals surface area contributed by atoms with Gasteiger partial charge in [0.2, 0.25) is 17.8 Å². The second kappa shape index (κ2) is 8.04. The molecule has 0 unspecified atom stereocenters. The maximum absolute atomic E-state index is 12.9. The van der Waals surface area contributed by atoms with E-state index in [0.717, 1.165) is 32.4 Å². The summed E-state index contributed by atoms with van der Waals surface area (Å²) in [6, 6.07) is 4.66. The fourth-order valence-electron chi connectivity index (χ4n) is 3.64. The number of anilines is 3. The van der Waals surface area contributed by atoms with Gasteiger partial charge in [-0.05, 0) is 37.5 Å². The Bertz CT molecular complexity index is 1030. The zero-order chi connectivity index (χ0) is 20.5. The Morgan fingerprint density at radius 2 is 1.90 bits per heavy atom. The van der Waals surface area contributed by atoms with Crippen LogP contribution in [0.5, 0.6) is 0 Å². The maximum atomic E-state index is 12.9. The quantitative estimate of drug-likeness (QED) is 0.686. The second-order valence-corrected chi connectivity index (χ2v) is 7.94. The zero-order valence-electron chi connectivity index (χ0n) is 15.4. The fraction of sp³-hybridized carbons (Fsp3) is 0.368. The van der Waals surface area contributed by atoms with Crippen LogP contribution in [-0.4, -0.2) is 34.9 Å². The van der Waals surface area contributed by atoms with Crippen LogP contribution in [0, 0.1) is 0 Å². The molecule has 1 aromatic carbocycles. The first-order valence-electron chi connectivity index (χ1n) is 9.37. The van der Waals surface area contributed by atoms with E-state index < -0.39 is 17.4 Å². The topological polar surface area (TPSA) is 107 Å². The first-order valence-corrected chi connectivity index (χ1v) is 10.1. The van der Waals surface area contributed by atoms with Gasteiger partial charge in [0.25, 0.3) is 5.56 Å². The van der Waals surface area contributed by atoms with Crippen molar-refractivity contribution in [2.24, 2.45) is 0 Å². The average Bonchev–Trinajstić information content (AvgIpc) is 2.70. The van der Waals surface area contributed by atoms with Crippen molar-refractivity contribution in [2.75, 3.05) is 28.6 Å². The Morgan fingerprint density at radius 3 is 2.62 bits per heavy atom. The first kappa shape index (κ1) is 19.7. The van der Waals surface area contributed by atoms with Gasteiger partial charge in [-0.25, -0.2) is 0 Å². The lowest BCUT2D eigenvalue weighted by Gasteiger charge is -2.29. The minimum atomic E-state index is -0.958. The molecule has 0 spiro atoms. The number of benzene rings is 1. The van der Waals surface area contributed by atoms with E-state index in [9.17, 15) is 14.4 Å². The Labute approximate surface area is 176 Å². The van der Waals surface area contributed by atoms with Gasteiger partial charge in [0, 0.05) is 25.2 Å². The monoisotopic (exact) mass is 435 g/mol. The number of halogens is 2. The van der Waals surface area contributed by atoms with E-state index in [1.165, 1.54) is 6.07 Å². The highest BCUT2D eigenvalue weighted by atomic mass is 35.5. The van der Waals surface area contributed by atoms with E-state index in [4.69, 9.17) is 23.2 Å². The number of carbonyl (C=O) groups is 2. The number of aromatic nitrogens is 2. The molecule has 3 N–H and O–H groups in total. The molecule has 1 atom stereocenters. The van der Waals surface area contributed by atoms with Gasteiger partial charge in [-0.1, -0.05) is 23.2 Å². The predicted molar refractivity (Wildman–Crippen MR) is 112 cm³/mol. The highest BCUT2D eigenvalue weighted by Crippen LogP contribution is 2.31. The third kappa shape index (κ3) is 4.09. The van der Waals surface area contributed by atoms with Crippen molar-refractivity contribution in [2.45, 2.75) is 31.6 Å². The van der Waals surface area contributed by atoms with Crippen LogP contribution >= 0.6 is 23.2 Å². The van der Waals surface area contributed by atoms with Crippen molar-refractivity contribution in [3.63, 3.8) is 0 Å². The fourth-order valence-corrected chi connectivity index (χ4v) is 3.94. The number of piperidine rings is 1. The number of hydrogen-bond donors (Lipinski definition) is 3. The summed E-state index contributed by atoms with van der Waals surface area (Å²) in [4.78, 5) is 47.0. The van der Waals surface area contributed by atoms with E-state index in [0.29, 0.717) is 16.7 Å². The highest BCUT2D eigenvalue weighted by Gasteiger charge is 2.35. The number of aromatic amines is 1. The summed E-state index contributed by atoms with van der Waals surface area (Å²) in [6.07, 6.45) is 3.02. The van der Waals surface area contributed by atoms with E-state index in [-0.39, 0.29) is 28.7 Å². The number of rotatable bonds is 3. The van der Waals surface area contributed by atoms with Crippen molar-refractivity contribution < 1.29 is 9.59 Å². The van der Waals surface area contributed by atoms with E-state index in [1.807, 2.05) is 4.90 Å². The normalized spacial score (nSPS) is 18.8. The Morgan fingerprint density at radius 1 is 1.14 bits per heavy atom. The number of nitrogens with zero attached hydrogens (tertiary/aromatic N) is 2. The van der Waals surface area contributed by atoms with Gasteiger partial charge in [-0.15, -0.1) is 0 Å². The molecule has 1 aromatic heterocycles. The summed E-state index contributed by atoms with van der Waals surface area (Å²) in [5.41, 5.74) is 0.152. The van der Waals surface area contributed by atoms with Gasteiger partial charge in [-0.3, -0.25) is 19.4 Å². The molecule has 1 fully saturated rings. The lowest BCUT2D eigenvalue weighted by molar-refractivity contribution is -0.123. The SMILES string of the molecule is O=C1C[C@@H](C(=O)Nc2ccc(Cl)c(Cl)c2)c2c(nc(N3CCCCC3)[nH]c2=O)N1. The molecule has 0 bridgehead atoms. The third-order valence-electron chi connectivity index (χ3n) is 5.10. The summed E-state index contributed by atoms with van der Waals surface area (Å²) >= 11 is 11.9. The molecule has 0 saturated carbocycles. The smallest absolute Gasteiger partial charge is 0.258 e. The average molecular weight is 436 g/mol. The molecule has 152 valence electrons. The Balaban J connectivity index is 1.64. The maximum Gasteiger partial charge on any atom is 0.258 e. The Kier molecular flexibility index (Phi) is 5.47. The molecule has 2 aromatic rings. The van der Waals surface area contributed by atoms with Gasteiger partial charge < -0.3 is 15.5 Å². The number of fused-ring (bicyclic) bond motifs is 1. The molecular formula is C19H19Cl2N5O3. The molecule has 0 radical (unpaired) electrons. The molecular weight excluding hydrogens is 417 g/mol. The number of carbonyl (C=O) groups excluding carboxylic acids is 2. The van der Waals surface area contributed by atoms with Crippen LogP contribution in [0.2, 0.25) is 10.0 Å². The summed E-state index contributed by atoms with van der Waals surface area (Å²) in [7, 11) is 0. The van der Waals surface area contributed by atoms with Gasteiger partial charge in [0.05, 0.1) is 21.5 Å². The predicted octanol–water partition coefficient (Wildman–Crippen LogP) is 3.13. The van der Waals surface area contributed by atoms with Crippen LogP contribution < -0.4 is 21.1 Å². The summed E-state index contributed by atoms with van der Waals surface area (Å²) in [6.45, 7) is 1.58. The van der Waals surface area contributed by atoms with Crippen molar-refractivity contribution in [1.82, 2.24) is 9.97 Å². The highest BCUT2D eigenvalue weighted by molar-refractivity contribution is 6.42. The summed E-state index contributed by atoms with van der Waals surface area (Å²) in [5, 5.41) is 5.97. The molecule has 8 nitrogen and oxygen atoms in total. The minimum Gasteiger partial charge on any atom is -0.342 e. The zero-order valence-corrected chi connectivity index (χ0v) is 16.9. The molecule has 2 amide bonds. The number of H-pyrrole nitrogens is 1. The van der Waals surface area contributed by atoms with E-state index in [2.05, 4.69) is 20.6 Å². The standard InChI is InChI=1S/C19H19Cl2N5O3/c20-12-5-4-10(8-13(12)21)22-17(28)11-9-14(27)23-16-15(11)18(29)25-19(24-16)26-6-2-1-3-7-26/h4-5,8,11H,1-3,6-7,9H2,(H,22,28)(H2,23,24,25,27,29)/t11-/m1/s1. The van der Waals surface area contributed by atoms with Crippen LogP contribution in [0.3, 0.4) is 0 Å². The van der Waals surface area contributed by atoms with Crippen LogP contribution in [0.25, 0.3) is 0 Å². The molecule has 0 aliphatic carbocycles. The largest absolute Gasteiger partial charge is 0.342 e. The number of hydrogen-bond acceptors (Lipinski definition) is 5. The summed E-state index contributed by atoms with van der Waals surface area (Å²) in [5.74, 6) is -1.26. The molecule has 4 rings (SSSR count). The number of amides is 2. The minimum absolute atomic E-state index is 0.139. The molecule has 1 saturated heterocycles.